The van der Waals surface area contributed by atoms with Crippen molar-refractivity contribution in [3.05, 3.63) is 120 Å². The SMILES string of the molecule is c1ccc(CNc2cccc3cc4ccccc4c(NCc4ccccc4)c23)cc1. The highest BCUT2D eigenvalue weighted by Crippen LogP contribution is 2.37. The van der Waals surface area contributed by atoms with Gasteiger partial charge in [0.15, 0.2) is 0 Å². The Bertz CT molecular complexity index is 1280. The minimum absolute atomic E-state index is 0.789. The second-order valence-corrected chi connectivity index (χ2v) is 7.55. The molecule has 0 saturated heterocycles. The van der Waals surface area contributed by atoms with E-state index in [2.05, 4.69) is 120 Å². The number of fused-ring (bicyclic) bond motifs is 2. The minimum Gasteiger partial charge on any atom is -0.380 e. The van der Waals surface area contributed by atoms with Crippen LogP contribution in [-0.2, 0) is 13.1 Å². The summed E-state index contributed by atoms with van der Waals surface area (Å²) >= 11 is 0. The first-order valence-corrected chi connectivity index (χ1v) is 10.4. The molecule has 0 aromatic heterocycles. The highest BCUT2D eigenvalue weighted by Gasteiger charge is 2.11. The summed E-state index contributed by atoms with van der Waals surface area (Å²) in [5.41, 5.74) is 4.88. The van der Waals surface area contributed by atoms with E-state index in [0.717, 1.165) is 18.8 Å². The van der Waals surface area contributed by atoms with Crippen molar-refractivity contribution in [1.82, 2.24) is 0 Å². The van der Waals surface area contributed by atoms with E-state index in [1.165, 1.54) is 38.4 Å². The molecule has 0 aliphatic heterocycles. The van der Waals surface area contributed by atoms with Crippen LogP contribution in [-0.4, -0.2) is 0 Å². The van der Waals surface area contributed by atoms with Crippen LogP contribution >= 0.6 is 0 Å². The quantitative estimate of drug-likeness (QED) is 0.300. The first kappa shape index (κ1) is 18.3. The summed E-state index contributed by atoms with van der Waals surface area (Å²) in [4.78, 5) is 0. The Morgan fingerprint density at radius 1 is 0.500 bits per heavy atom. The van der Waals surface area contributed by atoms with E-state index in [9.17, 15) is 0 Å². The van der Waals surface area contributed by atoms with Gasteiger partial charge in [0.05, 0.1) is 5.69 Å². The maximum Gasteiger partial charge on any atom is 0.0523 e. The van der Waals surface area contributed by atoms with Gasteiger partial charge in [-0.25, -0.2) is 0 Å². The molecule has 2 nitrogen and oxygen atoms in total. The predicted octanol–water partition coefficient (Wildman–Crippen LogP) is 7.22. The summed E-state index contributed by atoms with van der Waals surface area (Å²) in [5, 5.41) is 12.4. The zero-order valence-electron chi connectivity index (χ0n) is 16.8. The highest BCUT2D eigenvalue weighted by atomic mass is 14.9. The molecule has 0 atom stereocenters. The third-order valence-electron chi connectivity index (χ3n) is 5.53. The van der Waals surface area contributed by atoms with Crippen molar-refractivity contribution in [2.45, 2.75) is 13.1 Å². The van der Waals surface area contributed by atoms with Crippen LogP contribution in [0, 0.1) is 0 Å². The fraction of sp³-hybridized carbons (Fsp3) is 0.0714. The molecule has 0 unspecified atom stereocenters. The first-order chi connectivity index (χ1) is 14.9. The molecule has 0 heterocycles. The van der Waals surface area contributed by atoms with Gasteiger partial charge in [0.25, 0.3) is 0 Å². The smallest absolute Gasteiger partial charge is 0.0523 e. The number of hydrogen-bond donors (Lipinski definition) is 2. The maximum absolute atomic E-state index is 3.75. The van der Waals surface area contributed by atoms with Gasteiger partial charge in [-0.3, -0.25) is 0 Å². The van der Waals surface area contributed by atoms with Crippen LogP contribution in [0.25, 0.3) is 21.5 Å². The average molecular weight is 389 g/mol. The lowest BCUT2D eigenvalue weighted by atomic mass is 9.99. The molecule has 0 radical (unpaired) electrons. The Labute approximate surface area is 177 Å². The molecule has 0 spiro atoms. The van der Waals surface area contributed by atoms with Crippen molar-refractivity contribution >= 4 is 32.9 Å². The zero-order valence-corrected chi connectivity index (χ0v) is 16.8. The molecule has 0 aliphatic carbocycles. The summed E-state index contributed by atoms with van der Waals surface area (Å²) in [6.45, 7) is 1.59. The van der Waals surface area contributed by atoms with Crippen molar-refractivity contribution in [2.75, 3.05) is 10.6 Å². The van der Waals surface area contributed by atoms with Crippen molar-refractivity contribution in [3.63, 3.8) is 0 Å². The molecule has 2 N–H and O–H groups in total. The van der Waals surface area contributed by atoms with Gasteiger partial charge < -0.3 is 10.6 Å². The average Bonchev–Trinajstić information content (AvgIpc) is 2.81. The Balaban J connectivity index is 1.59. The van der Waals surface area contributed by atoms with Gasteiger partial charge in [0.2, 0.25) is 0 Å². The van der Waals surface area contributed by atoms with Gasteiger partial charge in [-0.15, -0.1) is 0 Å². The molecule has 5 aromatic carbocycles. The third kappa shape index (κ3) is 3.72. The second kappa shape index (κ2) is 8.30. The number of anilines is 2. The summed E-state index contributed by atoms with van der Waals surface area (Å²) in [6, 6.07) is 38.5. The van der Waals surface area contributed by atoms with Gasteiger partial charge in [-0.2, -0.15) is 0 Å². The van der Waals surface area contributed by atoms with Crippen molar-refractivity contribution in [2.24, 2.45) is 0 Å². The van der Waals surface area contributed by atoms with Crippen molar-refractivity contribution < 1.29 is 0 Å². The predicted molar refractivity (Wildman–Crippen MR) is 129 cm³/mol. The number of rotatable bonds is 6. The molecule has 30 heavy (non-hydrogen) atoms. The van der Waals surface area contributed by atoms with Gasteiger partial charge in [0.1, 0.15) is 0 Å². The number of benzene rings is 5. The molecule has 2 heteroatoms. The first-order valence-electron chi connectivity index (χ1n) is 10.4. The molecule has 146 valence electrons. The molecule has 5 rings (SSSR count). The van der Waals surface area contributed by atoms with E-state index in [1.807, 2.05) is 0 Å². The highest BCUT2D eigenvalue weighted by molar-refractivity contribution is 6.15. The van der Waals surface area contributed by atoms with Crippen molar-refractivity contribution in [1.29, 1.82) is 0 Å². The van der Waals surface area contributed by atoms with E-state index in [4.69, 9.17) is 0 Å². The molecule has 5 aromatic rings. The largest absolute Gasteiger partial charge is 0.380 e. The van der Waals surface area contributed by atoms with Crippen LogP contribution in [0.3, 0.4) is 0 Å². The summed E-state index contributed by atoms with van der Waals surface area (Å²) < 4.78 is 0. The lowest BCUT2D eigenvalue weighted by Crippen LogP contribution is -2.04. The van der Waals surface area contributed by atoms with Crippen LogP contribution < -0.4 is 10.6 Å². The van der Waals surface area contributed by atoms with Crippen LogP contribution in [0.4, 0.5) is 11.4 Å². The second-order valence-electron chi connectivity index (χ2n) is 7.55. The van der Waals surface area contributed by atoms with Crippen LogP contribution in [0.15, 0.2) is 109 Å². The summed E-state index contributed by atoms with van der Waals surface area (Å²) in [6.07, 6.45) is 0. The van der Waals surface area contributed by atoms with Crippen molar-refractivity contribution in [3.8, 4) is 0 Å². The van der Waals surface area contributed by atoms with E-state index >= 15 is 0 Å². The Morgan fingerprint density at radius 2 is 1.10 bits per heavy atom. The molecule has 0 saturated carbocycles. The van der Waals surface area contributed by atoms with Crippen LogP contribution in [0.2, 0.25) is 0 Å². The van der Waals surface area contributed by atoms with Gasteiger partial charge >= 0.3 is 0 Å². The van der Waals surface area contributed by atoms with Gasteiger partial charge in [0, 0.05) is 29.5 Å². The Kier molecular flexibility index (Phi) is 5.05. The maximum atomic E-state index is 3.75. The van der Waals surface area contributed by atoms with E-state index in [1.54, 1.807) is 0 Å². The lowest BCUT2D eigenvalue weighted by Gasteiger charge is -2.18. The molecular weight excluding hydrogens is 364 g/mol. The van der Waals surface area contributed by atoms with E-state index < -0.39 is 0 Å². The molecule has 0 fully saturated rings. The lowest BCUT2D eigenvalue weighted by molar-refractivity contribution is 1.15. The topological polar surface area (TPSA) is 24.1 Å². The van der Waals surface area contributed by atoms with Crippen LogP contribution in [0.1, 0.15) is 11.1 Å². The normalized spacial score (nSPS) is 10.9. The monoisotopic (exact) mass is 388 g/mol. The standard InChI is InChI=1S/C28H24N2/c1-3-10-21(11-4-1)19-29-26-17-9-15-24-18-23-14-7-8-16-25(23)28(27(24)26)30-20-22-12-5-2-6-13-22/h1-18,29-30H,19-20H2. The number of nitrogens with one attached hydrogen (secondary N) is 2. The molecular formula is C28H24N2. The summed E-state index contributed by atoms with van der Waals surface area (Å²) in [5.74, 6) is 0. The Hall–Kier alpha value is -3.78. The minimum atomic E-state index is 0.789. The van der Waals surface area contributed by atoms with Gasteiger partial charge in [-0.1, -0.05) is 97.1 Å². The zero-order chi connectivity index (χ0) is 20.2. The molecule has 0 bridgehead atoms. The fourth-order valence-corrected chi connectivity index (χ4v) is 4.03. The third-order valence-corrected chi connectivity index (χ3v) is 5.53. The Morgan fingerprint density at radius 3 is 1.83 bits per heavy atom. The number of hydrogen-bond acceptors (Lipinski definition) is 2. The van der Waals surface area contributed by atoms with E-state index in [-0.39, 0.29) is 0 Å². The van der Waals surface area contributed by atoms with E-state index in [0.29, 0.717) is 0 Å². The molecule has 0 amide bonds. The summed E-state index contributed by atoms with van der Waals surface area (Å²) in [7, 11) is 0. The van der Waals surface area contributed by atoms with Crippen LogP contribution in [0.5, 0.6) is 0 Å². The van der Waals surface area contributed by atoms with Gasteiger partial charge in [-0.05, 0) is 34.0 Å². The fourth-order valence-electron chi connectivity index (χ4n) is 4.03. The molecule has 0 aliphatic rings.